The first-order valence-corrected chi connectivity index (χ1v) is 10.1. The smallest absolute Gasteiger partial charge is 0.257 e. The Morgan fingerprint density at radius 2 is 2.07 bits per heavy atom. The molecular weight excluding hydrogens is 432 g/mol. The number of phenolic OH excluding ortho intramolecular Hbond substituents is 1. The van der Waals surface area contributed by atoms with E-state index in [2.05, 4.69) is 31.0 Å². The highest BCUT2D eigenvalue weighted by Gasteiger charge is 2.25. The average molecular weight is 449 g/mol. The van der Waals surface area contributed by atoms with Gasteiger partial charge in [-0.05, 0) is 29.6 Å². The Balaban J connectivity index is 1.35. The third-order valence-electron chi connectivity index (χ3n) is 4.42. The van der Waals surface area contributed by atoms with Gasteiger partial charge in [-0.15, -0.1) is 11.3 Å². The van der Waals surface area contributed by atoms with Crippen LogP contribution < -0.4 is 0 Å². The van der Waals surface area contributed by atoms with Crippen LogP contribution in [-0.2, 0) is 6.54 Å². The maximum Gasteiger partial charge on any atom is 0.257 e. The van der Waals surface area contributed by atoms with Crippen molar-refractivity contribution < 1.29 is 14.4 Å². The molecule has 0 radical (unpaired) electrons. The van der Waals surface area contributed by atoms with Crippen molar-refractivity contribution in [3.8, 4) is 16.5 Å². The lowest BCUT2D eigenvalue weighted by Gasteiger charge is -2.34. The van der Waals surface area contributed by atoms with E-state index < -0.39 is 0 Å². The zero-order valence-electron chi connectivity index (χ0n) is 14.3. The molecule has 1 saturated heterocycles. The number of amides is 1. The van der Waals surface area contributed by atoms with Gasteiger partial charge in [0.1, 0.15) is 5.75 Å². The quantitative estimate of drug-likeness (QED) is 0.659. The molecule has 1 aromatic carbocycles. The number of carbonyl (C=O) groups is 1. The number of thiophene rings is 1. The van der Waals surface area contributed by atoms with Crippen molar-refractivity contribution in [2.75, 3.05) is 26.2 Å². The van der Waals surface area contributed by atoms with E-state index in [9.17, 15) is 9.90 Å². The Hall–Kier alpha value is -2.23. The van der Waals surface area contributed by atoms with E-state index in [1.807, 2.05) is 17.5 Å². The van der Waals surface area contributed by atoms with Crippen molar-refractivity contribution >= 4 is 33.2 Å². The number of nitrogens with zero attached hydrogens (tertiary/aromatic N) is 4. The van der Waals surface area contributed by atoms with Gasteiger partial charge < -0.3 is 14.5 Å². The highest BCUT2D eigenvalue weighted by atomic mass is 79.9. The van der Waals surface area contributed by atoms with Gasteiger partial charge in [0.25, 0.3) is 5.91 Å². The molecule has 1 aliphatic heterocycles. The van der Waals surface area contributed by atoms with E-state index in [0.29, 0.717) is 50.0 Å². The van der Waals surface area contributed by atoms with E-state index in [1.165, 1.54) is 6.07 Å². The number of rotatable bonds is 4. The molecule has 0 aliphatic carbocycles. The summed E-state index contributed by atoms with van der Waals surface area (Å²) in [6.45, 7) is 3.13. The molecule has 0 saturated carbocycles. The van der Waals surface area contributed by atoms with Crippen LogP contribution in [0.3, 0.4) is 0 Å². The fourth-order valence-corrected chi connectivity index (χ4v) is 3.99. The van der Waals surface area contributed by atoms with E-state index >= 15 is 0 Å². The molecule has 140 valence electrons. The van der Waals surface area contributed by atoms with Crippen LogP contribution in [0.2, 0.25) is 0 Å². The zero-order valence-corrected chi connectivity index (χ0v) is 16.7. The minimum absolute atomic E-state index is 0.00223. The number of hydrogen-bond acceptors (Lipinski definition) is 7. The minimum atomic E-state index is -0.161. The van der Waals surface area contributed by atoms with E-state index in [4.69, 9.17) is 4.52 Å². The molecule has 3 heterocycles. The summed E-state index contributed by atoms with van der Waals surface area (Å²) in [6.07, 6.45) is 0. The highest BCUT2D eigenvalue weighted by molar-refractivity contribution is 9.10. The molecule has 0 atom stereocenters. The van der Waals surface area contributed by atoms with Crippen molar-refractivity contribution in [2.45, 2.75) is 6.54 Å². The molecule has 1 aliphatic rings. The third kappa shape index (κ3) is 4.05. The van der Waals surface area contributed by atoms with Gasteiger partial charge in [0.2, 0.25) is 11.7 Å². The van der Waals surface area contributed by atoms with Crippen molar-refractivity contribution in [1.29, 1.82) is 0 Å². The summed E-state index contributed by atoms with van der Waals surface area (Å²) in [5.74, 6) is 1.02. The zero-order chi connectivity index (χ0) is 18.8. The Bertz CT molecular complexity index is 936. The predicted octanol–water partition coefficient (Wildman–Crippen LogP) is 3.22. The molecule has 1 amide bonds. The van der Waals surface area contributed by atoms with Gasteiger partial charge in [-0.1, -0.05) is 27.2 Å². The standard InChI is InChI=1S/C18H17BrN4O3S/c19-12-3-4-14(24)13(10-12)18(25)23-7-5-22(6-8-23)11-16-20-17(21-26-16)15-2-1-9-27-15/h1-4,9-10,24H,5-8,11H2. The van der Waals surface area contributed by atoms with Crippen LogP contribution in [-0.4, -0.2) is 57.1 Å². The SMILES string of the molecule is O=C(c1cc(Br)ccc1O)N1CCN(Cc2nc(-c3cccs3)no2)CC1. The van der Waals surface area contributed by atoms with Crippen LogP contribution in [0.15, 0.2) is 44.7 Å². The molecule has 1 fully saturated rings. The second-order valence-corrected chi connectivity index (χ2v) is 8.08. The van der Waals surface area contributed by atoms with Crippen molar-refractivity contribution in [2.24, 2.45) is 0 Å². The molecule has 2 aromatic heterocycles. The number of carbonyl (C=O) groups excluding carboxylic acids is 1. The molecular formula is C18H17BrN4O3S. The lowest BCUT2D eigenvalue weighted by molar-refractivity contribution is 0.0612. The predicted molar refractivity (Wildman–Crippen MR) is 105 cm³/mol. The van der Waals surface area contributed by atoms with Crippen LogP contribution in [0.1, 0.15) is 16.2 Å². The highest BCUT2D eigenvalue weighted by Crippen LogP contribution is 2.24. The topological polar surface area (TPSA) is 82.7 Å². The summed E-state index contributed by atoms with van der Waals surface area (Å²) in [7, 11) is 0. The van der Waals surface area contributed by atoms with Crippen LogP contribution in [0, 0.1) is 0 Å². The molecule has 1 N–H and O–H groups in total. The van der Waals surface area contributed by atoms with Gasteiger partial charge in [-0.3, -0.25) is 9.69 Å². The number of aromatic nitrogens is 2. The number of hydrogen-bond donors (Lipinski definition) is 1. The monoisotopic (exact) mass is 448 g/mol. The van der Waals surface area contributed by atoms with Crippen LogP contribution in [0.25, 0.3) is 10.7 Å². The summed E-state index contributed by atoms with van der Waals surface area (Å²) >= 11 is 4.91. The normalized spacial score (nSPS) is 15.2. The Labute approximate surface area is 168 Å². The molecule has 4 rings (SSSR count). The fraction of sp³-hybridized carbons (Fsp3) is 0.278. The molecule has 7 nitrogen and oxygen atoms in total. The van der Waals surface area contributed by atoms with Gasteiger partial charge in [0.05, 0.1) is 17.0 Å². The van der Waals surface area contributed by atoms with Gasteiger partial charge in [-0.25, -0.2) is 0 Å². The Kier molecular flexibility index (Phi) is 5.24. The molecule has 0 unspecified atom stereocenters. The van der Waals surface area contributed by atoms with Gasteiger partial charge in [0, 0.05) is 30.7 Å². The fourth-order valence-electron chi connectivity index (χ4n) is 2.98. The molecule has 0 bridgehead atoms. The number of phenols is 1. The summed E-state index contributed by atoms with van der Waals surface area (Å²) in [5, 5.41) is 16.0. The number of halogens is 1. The summed E-state index contributed by atoms with van der Waals surface area (Å²) < 4.78 is 6.11. The number of aromatic hydroxyl groups is 1. The van der Waals surface area contributed by atoms with Crippen LogP contribution in [0.5, 0.6) is 5.75 Å². The van der Waals surface area contributed by atoms with Crippen molar-refractivity contribution in [1.82, 2.24) is 19.9 Å². The van der Waals surface area contributed by atoms with Gasteiger partial charge in [0.15, 0.2) is 0 Å². The number of piperazine rings is 1. The molecule has 27 heavy (non-hydrogen) atoms. The molecule has 3 aromatic rings. The summed E-state index contributed by atoms with van der Waals surface area (Å²) in [5.41, 5.74) is 0.315. The summed E-state index contributed by atoms with van der Waals surface area (Å²) in [6, 6.07) is 8.79. The first kappa shape index (κ1) is 18.1. The second kappa shape index (κ2) is 7.79. The Morgan fingerprint density at radius 3 is 2.81 bits per heavy atom. The largest absolute Gasteiger partial charge is 0.507 e. The lowest BCUT2D eigenvalue weighted by Crippen LogP contribution is -2.48. The van der Waals surface area contributed by atoms with E-state index in [0.717, 1.165) is 9.35 Å². The van der Waals surface area contributed by atoms with Crippen molar-refractivity contribution in [3.63, 3.8) is 0 Å². The minimum Gasteiger partial charge on any atom is -0.507 e. The van der Waals surface area contributed by atoms with Crippen molar-refractivity contribution in [3.05, 3.63) is 51.6 Å². The third-order valence-corrected chi connectivity index (χ3v) is 5.78. The van der Waals surface area contributed by atoms with E-state index in [-0.39, 0.29) is 11.7 Å². The summed E-state index contributed by atoms with van der Waals surface area (Å²) in [4.78, 5) is 22.0. The second-order valence-electron chi connectivity index (χ2n) is 6.22. The first-order valence-electron chi connectivity index (χ1n) is 8.47. The molecule has 9 heteroatoms. The van der Waals surface area contributed by atoms with Crippen LogP contribution in [0.4, 0.5) is 0 Å². The van der Waals surface area contributed by atoms with E-state index in [1.54, 1.807) is 28.4 Å². The first-order chi connectivity index (χ1) is 13.1. The maximum atomic E-state index is 12.7. The lowest BCUT2D eigenvalue weighted by atomic mass is 10.1. The van der Waals surface area contributed by atoms with Crippen LogP contribution >= 0.6 is 27.3 Å². The number of benzene rings is 1. The maximum absolute atomic E-state index is 12.7. The van der Waals surface area contributed by atoms with Gasteiger partial charge >= 0.3 is 0 Å². The molecule has 0 spiro atoms. The Morgan fingerprint density at radius 1 is 1.26 bits per heavy atom. The average Bonchev–Trinajstić information content (AvgIpc) is 3.35. The van der Waals surface area contributed by atoms with Gasteiger partial charge in [-0.2, -0.15) is 4.98 Å².